The third-order valence-corrected chi connectivity index (χ3v) is 3.44. The van der Waals surface area contributed by atoms with Gasteiger partial charge in [-0.15, -0.1) is 0 Å². The van der Waals surface area contributed by atoms with Crippen LogP contribution in [-0.4, -0.2) is 35.7 Å². The maximum atomic E-state index is 9.88. The zero-order valence-corrected chi connectivity index (χ0v) is 11.3. The van der Waals surface area contributed by atoms with Gasteiger partial charge in [0.15, 0.2) is 0 Å². The van der Waals surface area contributed by atoms with Crippen LogP contribution in [0.25, 0.3) is 0 Å². The van der Waals surface area contributed by atoms with Crippen molar-refractivity contribution in [1.29, 1.82) is 0 Å². The number of rotatable bonds is 6. The van der Waals surface area contributed by atoms with Crippen LogP contribution in [0, 0.1) is 5.41 Å². The highest BCUT2D eigenvalue weighted by Crippen LogP contribution is 2.22. The number of aliphatic hydroxyl groups is 1. The quantitative estimate of drug-likeness (QED) is 0.754. The summed E-state index contributed by atoms with van der Waals surface area (Å²) < 4.78 is 0. The summed E-state index contributed by atoms with van der Waals surface area (Å²) in [5, 5.41) is 9.88. The van der Waals surface area contributed by atoms with Gasteiger partial charge in [0.25, 0.3) is 0 Å². The van der Waals surface area contributed by atoms with Crippen molar-refractivity contribution in [1.82, 2.24) is 4.90 Å². The molecule has 2 heteroatoms. The first-order chi connectivity index (χ1) is 7.47. The molecule has 0 aromatic heterocycles. The number of nitrogens with zero attached hydrogens (tertiary/aromatic N) is 1. The molecular formula is C14H29NO. The van der Waals surface area contributed by atoms with Gasteiger partial charge in [0.05, 0.1) is 6.10 Å². The van der Waals surface area contributed by atoms with Crippen LogP contribution in [0.3, 0.4) is 0 Å². The fourth-order valence-corrected chi connectivity index (χ4v) is 2.35. The maximum absolute atomic E-state index is 9.88. The van der Waals surface area contributed by atoms with Crippen LogP contribution in [0.1, 0.15) is 59.3 Å². The molecule has 0 amide bonds. The zero-order chi connectivity index (χ0) is 12.0. The van der Waals surface area contributed by atoms with Crippen LogP contribution in [0.4, 0.5) is 0 Å². The van der Waals surface area contributed by atoms with Gasteiger partial charge in [-0.25, -0.2) is 0 Å². The molecule has 0 aromatic carbocycles. The summed E-state index contributed by atoms with van der Waals surface area (Å²) in [6.45, 7) is 10.4. The highest BCUT2D eigenvalue weighted by molar-refractivity contribution is 4.69. The molecule has 0 aromatic rings. The van der Waals surface area contributed by atoms with Crippen molar-refractivity contribution >= 4 is 0 Å². The van der Waals surface area contributed by atoms with E-state index in [0.717, 1.165) is 25.8 Å². The zero-order valence-electron chi connectivity index (χ0n) is 11.3. The molecule has 1 saturated heterocycles. The lowest BCUT2D eigenvalue weighted by Crippen LogP contribution is -2.24. The van der Waals surface area contributed by atoms with Gasteiger partial charge >= 0.3 is 0 Å². The Bertz CT molecular complexity index is 180. The third kappa shape index (κ3) is 6.49. The number of hydrogen-bond acceptors (Lipinski definition) is 2. The monoisotopic (exact) mass is 227 g/mol. The standard InChI is InChI=1S/C14H29NO/c1-14(2,3)9-6-7-13(16)8-12-15-10-4-5-11-15/h13,16H,4-12H2,1-3H3/t13-/m1/s1. The number of hydrogen-bond donors (Lipinski definition) is 1. The first-order valence-corrected chi connectivity index (χ1v) is 6.88. The van der Waals surface area contributed by atoms with Crippen molar-refractivity contribution in [2.45, 2.75) is 65.4 Å². The largest absolute Gasteiger partial charge is 0.393 e. The Morgan fingerprint density at radius 3 is 2.31 bits per heavy atom. The number of aliphatic hydroxyl groups excluding tert-OH is 1. The molecular weight excluding hydrogens is 198 g/mol. The predicted molar refractivity (Wildman–Crippen MR) is 69.6 cm³/mol. The first kappa shape index (κ1) is 14.0. The summed E-state index contributed by atoms with van der Waals surface area (Å²) in [5.41, 5.74) is 0.411. The Kier molecular flexibility index (Phi) is 5.77. The van der Waals surface area contributed by atoms with Crippen LogP contribution < -0.4 is 0 Å². The van der Waals surface area contributed by atoms with Gasteiger partial charge < -0.3 is 10.0 Å². The van der Waals surface area contributed by atoms with E-state index in [4.69, 9.17) is 0 Å². The predicted octanol–water partition coefficient (Wildman–Crippen LogP) is 3.05. The molecule has 1 rings (SSSR count). The van der Waals surface area contributed by atoms with Crippen molar-refractivity contribution in [3.8, 4) is 0 Å². The lowest BCUT2D eigenvalue weighted by atomic mass is 9.89. The summed E-state index contributed by atoms with van der Waals surface area (Å²) >= 11 is 0. The molecule has 1 N–H and O–H groups in total. The van der Waals surface area contributed by atoms with E-state index >= 15 is 0 Å². The minimum atomic E-state index is -0.0806. The van der Waals surface area contributed by atoms with Crippen LogP contribution in [0.5, 0.6) is 0 Å². The topological polar surface area (TPSA) is 23.5 Å². The molecule has 0 unspecified atom stereocenters. The number of likely N-dealkylation sites (tertiary alicyclic amines) is 1. The molecule has 1 aliphatic rings. The summed E-state index contributed by atoms with van der Waals surface area (Å²) in [4.78, 5) is 2.48. The summed E-state index contributed by atoms with van der Waals surface area (Å²) in [7, 11) is 0. The molecule has 0 aliphatic carbocycles. The SMILES string of the molecule is CC(C)(C)CCC[C@@H](O)CCN1CCCC1. The van der Waals surface area contributed by atoms with Gasteiger partial charge in [-0.1, -0.05) is 27.2 Å². The average Bonchev–Trinajstić information content (AvgIpc) is 2.65. The Morgan fingerprint density at radius 2 is 1.75 bits per heavy atom. The summed E-state index contributed by atoms with van der Waals surface area (Å²) in [6, 6.07) is 0. The molecule has 2 nitrogen and oxygen atoms in total. The van der Waals surface area contributed by atoms with Crippen LogP contribution in [0.15, 0.2) is 0 Å². The first-order valence-electron chi connectivity index (χ1n) is 6.88. The van der Waals surface area contributed by atoms with Gasteiger partial charge in [-0.2, -0.15) is 0 Å². The molecule has 0 spiro atoms. The van der Waals surface area contributed by atoms with E-state index in [1.165, 1.54) is 32.4 Å². The lowest BCUT2D eigenvalue weighted by molar-refractivity contribution is 0.131. The van der Waals surface area contributed by atoms with E-state index in [1.807, 2.05) is 0 Å². The second-order valence-corrected chi connectivity index (χ2v) is 6.44. The van der Waals surface area contributed by atoms with E-state index in [9.17, 15) is 5.11 Å². The third-order valence-electron chi connectivity index (χ3n) is 3.44. The van der Waals surface area contributed by atoms with E-state index in [-0.39, 0.29) is 6.10 Å². The van der Waals surface area contributed by atoms with E-state index in [0.29, 0.717) is 5.41 Å². The Balaban J connectivity index is 2.00. The van der Waals surface area contributed by atoms with Gasteiger partial charge in [-0.05, 0) is 50.6 Å². The van der Waals surface area contributed by atoms with E-state index in [2.05, 4.69) is 25.7 Å². The molecule has 1 fully saturated rings. The fraction of sp³-hybridized carbons (Fsp3) is 1.00. The molecule has 1 aliphatic heterocycles. The lowest BCUT2D eigenvalue weighted by Gasteiger charge is -2.20. The molecule has 1 atom stereocenters. The van der Waals surface area contributed by atoms with Crippen molar-refractivity contribution in [3.63, 3.8) is 0 Å². The van der Waals surface area contributed by atoms with Crippen molar-refractivity contribution in [2.24, 2.45) is 5.41 Å². The normalized spacial score (nSPS) is 20.2. The van der Waals surface area contributed by atoms with Crippen molar-refractivity contribution < 1.29 is 5.11 Å². The molecule has 0 saturated carbocycles. The molecule has 0 radical (unpaired) electrons. The van der Waals surface area contributed by atoms with Crippen molar-refractivity contribution in [3.05, 3.63) is 0 Å². The van der Waals surface area contributed by atoms with Gasteiger partial charge in [0.1, 0.15) is 0 Å². The van der Waals surface area contributed by atoms with E-state index < -0.39 is 0 Å². The van der Waals surface area contributed by atoms with Crippen LogP contribution >= 0.6 is 0 Å². The van der Waals surface area contributed by atoms with E-state index in [1.54, 1.807) is 0 Å². The minimum absolute atomic E-state index is 0.0806. The highest BCUT2D eigenvalue weighted by atomic mass is 16.3. The molecule has 96 valence electrons. The second kappa shape index (κ2) is 6.61. The summed E-state index contributed by atoms with van der Waals surface area (Å²) in [5.74, 6) is 0. The van der Waals surface area contributed by atoms with Gasteiger partial charge in [0, 0.05) is 6.54 Å². The molecule has 16 heavy (non-hydrogen) atoms. The molecule has 0 bridgehead atoms. The Hall–Kier alpha value is -0.0800. The minimum Gasteiger partial charge on any atom is -0.393 e. The van der Waals surface area contributed by atoms with Crippen molar-refractivity contribution in [2.75, 3.05) is 19.6 Å². The van der Waals surface area contributed by atoms with Crippen LogP contribution in [0.2, 0.25) is 0 Å². The highest BCUT2D eigenvalue weighted by Gasteiger charge is 2.14. The molecule has 1 heterocycles. The Morgan fingerprint density at radius 1 is 1.12 bits per heavy atom. The smallest absolute Gasteiger partial charge is 0.0552 e. The summed E-state index contributed by atoms with van der Waals surface area (Å²) in [6.07, 6.45) is 6.93. The second-order valence-electron chi connectivity index (χ2n) is 6.44. The maximum Gasteiger partial charge on any atom is 0.0552 e. The Labute approximate surface area is 101 Å². The van der Waals surface area contributed by atoms with Gasteiger partial charge in [0.2, 0.25) is 0 Å². The fourth-order valence-electron chi connectivity index (χ4n) is 2.35. The average molecular weight is 227 g/mol. The van der Waals surface area contributed by atoms with Crippen LogP contribution in [-0.2, 0) is 0 Å². The van der Waals surface area contributed by atoms with Gasteiger partial charge in [-0.3, -0.25) is 0 Å².